The number of urea groups is 1. The zero-order chi connectivity index (χ0) is 27.1. The van der Waals surface area contributed by atoms with Gasteiger partial charge in [0.2, 0.25) is 5.88 Å². The average Bonchev–Trinajstić information content (AvgIpc) is 2.94. The SMILES string of the molecule is O=C(NCc1cc(OCc2ccccc2)ncc1SF)N1CCN(C(=O)c2ccccc2C(F)(F)F)CC1. The quantitative estimate of drug-likeness (QED) is 0.405. The Bertz CT molecular complexity index is 1270. The molecule has 0 unspecified atom stereocenters. The van der Waals surface area contributed by atoms with Crippen molar-refractivity contribution in [2.75, 3.05) is 26.2 Å². The number of hydrogen-bond acceptors (Lipinski definition) is 5. The van der Waals surface area contributed by atoms with Gasteiger partial charge in [-0.05, 0) is 23.3 Å². The van der Waals surface area contributed by atoms with E-state index in [0.29, 0.717) is 5.56 Å². The molecule has 1 fully saturated rings. The van der Waals surface area contributed by atoms with Gasteiger partial charge in [-0.25, -0.2) is 9.78 Å². The lowest BCUT2D eigenvalue weighted by molar-refractivity contribution is -0.138. The van der Waals surface area contributed by atoms with Crippen LogP contribution in [0.4, 0.5) is 21.9 Å². The number of nitrogens with zero attached hydrogens (tertiary/aromatic N) is 3. The summed E-state index contributed by atoms with van der Waals surface area (Å²) in [4.78, 5) is 32.5. The molecule has 1 aromatic heterocycles. The summed E-state index contributed by atoms with van der Waals surface area (Å²) < 4.78 is 59.0. The Hall–Kier alpha value is -3.80. The fraction of sp³-hybridized carbons (Fsp3) is 0.269. The minimum atomic E-state index is -4.65. The van der Waals surface area contributed by atoms with Crippen molar-refractivity contribution in [2.45, 2.75) is 24.2 Å². The van der Waals surface area contributed by atoms with Crippen molar-refractivity contribution in [3.8, 4) is 5.88 Å². The summed E-state index contributed by atoms with van der Waals surface area (Å²) >= 11 is 0.00285. The second-order valence-corrected chi connectivity index (χ2v) is 9.06. The maximum atomic E-state index is 13.4. The van der Waals surface area contributed by atoms with Crippen molar-refractivity contribution < 1.29 is 31.4 Å². The van der Waals surface area contributed by atoms with E-state index in [2.05, 4.69) is 10.3 Å². The van der Waals surface area contributed by atoms with Crippen molar-refractivity contribution in [1.82, 2.24) is 20.1 Å². The van der Waals surface area contributed by atoms with Gasteiger partial charge in [0.1, 0.15) is 6.61 Å². The highest BCUT2D eigenvalue weighted by Gasteiger charge is 2.36. The number of benzene rings is 2. The van der Waals surface area contributed by atoms with Crippen LogP contribution in [0.15, 0.2) is 71.8 Å². The number of carbonyl (C=O) groups is 2. The third kappa shape index (κ3) is 6.74. The summed E-state index contributed by atoms with van der Waals surface area (Å²) in [6.45, 7) is 0.718. The third-order valence-electron chi connectivity index (χ3n) is 5.98. The zero-order valence-corrected chi connectivity index (χ0v) is 20.9. The molecule has 3 amide bonds. The van der Waals surface area contributed by atoms with Crippen LogP contribution in [-0.2, 0) is 19.3 Å². The van der Waals surface area contributed by atoms with Crippen LogP contribution >= 0.6 is 12.1 Å². The van der Waals surface area contributed by atoms with E-state index < -0.39 is 29.2 Å². The minimum Gasteiger partial charge on any atom is -0.473 e. The topological polar surface area (TPSA) is 74.8 Å². The molecule has 0 radical (unpaired) electrons. The summed E-state index contributed by atoms with van der Waals surface area (Å²) in [5, 5.41) is 2.72. The third-order valence-corrected chi connectivity index (χ3v) is 6.52. The van der Waals surface area contributed by atoms with E-state index in [9.17, 15) is 26.6 Å². The molecule has 2 heterocycles. The van der Waals surface area contributed by atoms with Crippen LogP contribution < -0.4 is 10.1 Å². The van der Waals surface area contributed by atoms with Crippen molar-refractivity contribution in [3.05, 3.63) is 89.1 Å². The maximum Gasteiger partial charge on any atom is 0.417 e. The number of halogens is 4. The Kier molecular flexibility index (Phi) is 8.72. The highest BCUT2D eigenvalue weighted by molar-refractivity contribution is 7.94. The summed E-state index contributed by atoms with van der Waals surface area (Å²) in [5.74, 6) is -0.454. The van der Waals surface area contributed by atoms with Gasteiger partial charge in [0.25, 0.3) is 5.91 Å². The van der Waals surface area contributed by atoms with Crippen LogP contribution in [0.2, 0.25) is 0 Å². The van der Waals surface area contributed by atoms with Crippen molar-refractivity contribution >= 4 is 24.1 Å². The Morgan fingerprint density at radius 3 is 2.32 bits per heavy atom. The highest BCUT2D eigenvalue weighted by Crippen LogP contribution is 2.32. The van der Waals surface area contributed by atoms with E-state index in [1.54, 1.807) is 6.07 Å². The van der Waals surface area contributed by atoms with Gasteiger partial charge in [0.05, 0.1) is 28.2 Å². The van der Waals surface area contributed by atoms with Crippen LogP contribution in [0.3, 0.4) is 0 Å². The molecule has 0 atom stereocenters. The number of carbonyl (C=O) groups excluding carboxylic acids is 2. The van der Waals surface area contributed by atoms with Crippen LogP contribution in [0.25, 0.3) is 0 Å². The van der Waals surface area contributed by atoms with Gasteiger partial charge in [0, 0.05) is 45.0 Å². The lowest BCUT2D eigenvalue weighted by atomic mass is 10.1. The molecule has 1 aliphatic heterocycles. The molecule has 1 saturated heterocycles. The van der Waals surface area contributed by atoms with Crippen LogP contribution in [0.1, 0.15) is 27.0 Å². The molecule has 7 nitrogen and oxygen atoms in total. The largest absolute Gasteiger partial charge is 0.473 e. The van der Waals surface area contributed by atoms with Gasteiger partial charge >= 0.3 is 12.2 Å². The molecule has 200 valence electrons. The van der Waals surface area contributed by atoms with Gasteiger partial charge in [-0.2, -0.15) is 17.1 Å². The first-order valence-corrected chi connectivity index (χ1v) is 12.4. The Balaban J connectivity index is 1.32. The number of alkyl halides is 3. The molecular weight excluding hydrogens is 524 g/mol. The van der Waals surface area contributed by atoms with Gasteiger partial charge in [0.15, 0.2) is 0 Å². The van der Waals surface area contributed by atoms with E-state index in [0.717, 1.165) is 17.7 Å². The van der Waals surface area contributed by atoms with Gasteiger partial charge < -0.3 is 19.9 Å². The van der Waals surface area contributed by atoms with Gasteiger partial charge in [-0.1, -0.05) is 42.5 Å². The number of pyridine rings is 1. The second kappa shape index (κ2) is 12.2. The van der Waals surface area contributed by atoms with Crippen molar-refractivity contribution in [2.24, 2.45) is 0 Å². The van der Waals surface area contributed by atoms with E-state index in [1.165, 1.54) is 28.1 Å². The monoisotopic (exact) mass is 548 g/mol. The predicted octanol–water partition coefficient (Wildman–Crippen LogP) is 5.32. The average molecular weight is 549 g/mol. The number of nitrogens with one attached hydrogen (secondary N) is 1. The lowest BCUT2D eigenvalue weighted by Gasteiger charge is -2.35. The minimum absolute atomic E-state index is 0.00285. The summed E-state index contributed by atoms with van der Waals surface area (Å²) in [7, 11) is 0. The second-order valence-electron chi connectivity index (χ2n) is 8.46. The summed E-state index contributed by atoms with van der Waals surface area (Å²) in [6, 6.07) is 15.2. The van der Waals surface area contributed by atoms with Crippen molar-refractivity contribution in [1.29, 1.82) is 0 Å². The molecule has 0 saturated carbocycles. The maximum absolute atomic E-state index is 13.4. The fourth-order valence-electron chi connectivity index (χ4n) is 3.96. The van der Waals surface area contributed by atoms with E-state index in [4.69, 9.17) is 4.74 Å². The molecule has 4 rings (SSSR count). The Labute approximate surface area is 221 Å². The first kappa shape index (κ1) is 27.2. The molecule has 3 aromatic rings. The van der Waals surface area contributed by atoms with E-state index >= 15 is 0 Å². The van der Waals surface area contributed by atoms with Crippen molar-refractivity contribution in [3.63, 3.8) is 0 Å². The molecule has 0 spiro atoms. The smallest absolute Gasteiger partial charge is 0.417 e. The number of hydrogen-bond donors (Lipinski definition) is 1. The predicted molar refractivity (Wildman–Crippen MR) is 133 cm³/mol. The molecule has 0 aliphatic carbocycles. The molecular formula is C26H24F4N4O3S. The lowest BCUT2D eigenvalue weighted by Crippen LogP contribution is -2.53. The van der Waals surface area contributed by atoms with E-state index in [1.807, 2.05) is 30.3 Å². The number of aromatic nitrogens is 1. The molecule has 1 aliphatic rings. The summed E-state index contributed by atoms with van der Waals surface area (Å²) in [6.07, 6.45) is -3.32. The van der Waals surface area contributed by atoms with Crippen LogP contribution in [-0.4, -0.2) is 52.9 Å². The summed E-state index contributed by atoms with van der Waals surface area (Å²) in [5.41, 5.74) is 0.00222. The molecule has 1 N–H and O–H groups in total. The number of rotatable bonds is 7. The van der Waals surface area contributed by atoms with Gasteiger partial charge in [-0.3, -0.25) is 4.79 Å². The first-order chi connectivity index (χ1) is 18.3. The van der Waals surface area contributed by atoms with E-state index in [-0.39, 0.29) is 62.3 Å². The molecule has 0 bridgehead atoms. The fourth-order valence-corrected chi connectivity index (χ4v) is 4.29. The van der Waals surface area contributed by atoms with Crippen LogP contribution in [0.5, 0.6) is 5.88 Å². The van der Waals surface area contributed by atoms with Gasteiger partial charge in [-0.15, -0.1) is 0 Å². The highest BCUT2D eigenvalue weighted by atomic mass is 32.2. The first-order valence-electron chi connectivity index (χ1n) is 11.7. The Morgan fingerprint density at radius 1 is 0.974 bits per heavy atom. The molecule has 2 aromatic carbocycles. The molecule has 12 heteroatoms. The molecule has 38 heavy (non-hydrogen) atoms. The van der Waals surface area contributed by atoms with Crippen LogP contribution in [0, 0.1) is 0 Å². The normalized spacial score (nSPS) is 13.8. The Morgan fingerprint density at radius 2 is 1.63 bits per heavy atom. The number of piperazine rings is 1. The standard InChI is InChI=1S/C26H24F4N4O3S/c27-26(28,29)21-9-5-4-8-20(21)24(35)33-10-12-34(13-11-33)25(36)32-15-19-14-23(31-16-22(19)38-30)37-17-18-6-2-1-3-7-18/h1-9,14,16H,10-13,15,17H2,(H,32,36). The zero-order valence-electron chi connectivity index (χ0n) is 20.1. The number of ether oxygens (including phenoxy) is 1. The number of amides is 3.